The van der Waals surface area contributed by atoms with Crippen molar-refractivity contribution < 1.29 is 0 Å². The number of hydrogen-bond acceptors (Lipinski definition) is 1. The minimum Gasteiger partial charge on any atom is -0.327 e. The lowest BCUT2D eigenvalue weighted by Crippen LogP contribution is -2.33. The van der Waals surface area contributed by atoms with Crippen molar-refractivity contribution in [3.8, 4) is 0 Å². The molecular weight excluding hydrogens is 134 g/mol. The van der Waals surface area contributed by atoms with Gasteiger partial charge in [-0.3, -0.25) is 0 Å². The van der Waals surface area contributed by atoms with Gasteiger partial charge in [0.25, 0.3) is 0 Å². The van der Waals surface area contributed by atoms with Gasteiger partial charge >= 0.3 is 0 Å². The lowest BCUT2D eigenvalue weighted by atomic mass is 9.81. The van der Waals surface area contributed by atoms with Crippen molar-refractivity contribution in [2.45, 2.75) is 47.1 Å². The molecule has 0 radical (unpaired) electrons. The molecule has 0 aliphatic heterocycles. The summed E-state index contributed by atoms with van der Waals surface area (Å²) in [4.78, 5) is 0. The molecule has 0 spiro atoms. The lowest BCUT2D eigenvalue weighted by molar-refractivity contribution is 0.253. The molecular formula is C10H23N. The van der Waals surface area contributed by atoms with Crippen LogP contribution >= 0.6 is 0 Å². The van der Waals surface area contributed by atoms with Gasteiger partial charge in [-0.05, 0) is 24.2 Å². The largest absolute Gasteiger partial charge is 0.327 e. The molecule has 0 aromatic heterocycles. The molecule has 68 valence electrons. The summed E-state index contributed by atoms with van der Waals surface area (Å²) in [5.41, 5.74) is 5.96. The van der Waals surface area contributed by atoms with Crippen LogP contribution in [-0.4, -0.2) is 6.04 Å². The summed E-state index contributed by atoms with van der Waals surface area (Å²) >= 11 is 0. The van der Waals surface area contributed by atoms with Gasteiger partial charge < -0.3 is 5.73 Å². The van der Waals surface area contributed by atoms with E-state index < -0.39 is 0 Å². The van der Waals surface area contributed by atoms with Crippen molar-refractivity contribution >= 4 is 0 Å². The van der Waals surface area contributed by atoms with Crippen LogP contribution in [0, 0.1) is 17.8 Å². The van der Waals surface area contributed by atoms with Crippen molar-refractivity contribution in [2.24, 2.45) is 23.5 Å². The highest BCUT2D eigenvalue weighted by atomic mass is 14.6. The summed E-state index contributed by atoms with van der Waals surface area (Å²) in [6.45, 7) is 11.3. The quantitative estimate of drug-likeness (QED) is 0.667. The Morgan fingerprint density at radius 1 is 1.00 bits per heavy atom. The predicted octanol–water partition coefficient (Wildman–Crippen LogP) is 2.65. The highest BCUT2D eigenvalue weighted by molar-refractivity contribution is 4.74. The molecule has 0 bridgehead atoms. The van der Waals surface area contributed by atoms with E-state index in [2.05, 4.69) is 34.6 Å². The number of rotatable bonds is 4. The van der Waals surface area contributed by atoms with E-state index in [1.807, 2.05) is 0 Å². The molecule has 0 fully saturated rings. The summed E-state index contributed by atoms with van der Waals surface area (Å²) in [5, 5.41) is 0. The van der Waals surface area contributed by atoms with E-state index >= 15 is 0 Å². The average molecular weight is 157 g/mol. The van der Waals surface area contributed by atoms with E-state index in [4.69, 9.17) is 5.73 Å². The summed E-state index contributed by atoms with van der Waals surface area (Å²) < 4.78 is 0. The highest BCUT2D eigenvalue weighted by Gasteiger charge is 2.20. The maximum atomic E-state index is 5.96. The van der Waals surface area contributed by atoms with Crippen molar-refractivity contribution in [3.63, 3.8) is 0 Å². The van der Waals surface area contributed by atoms with Crippen LogP contribution in [0.3, 0.4) is 0 Å². The molecule has 0 aliphatic rings. The van der Waals surface area contributed by atoms with Crippen molar-refractivity contribution in [1.82, 2.24) is 0 Å². The second kappa shape index (κ2) is 4.76. The van der Waals surface area contributed by atoms with Gasteiger partial charge in [0.2, 0.25) is 0 Å². The van der Waals surface area contributed by atoms with Crippen LogP contribution in [0.2, 0.25) is 0 Å². The second-order valence-corrected chi connectivity index (χ2v) is 4.03. The molecule has 0 amide bonds. The van der Waals surface area contributed by atoms with E-state index in [0.717, 1.165) is 18.3 Å². The van der Waals surface area contributed by atoms with E-state index in [-0.39, 0.29) is 0 Å². The minimum atomic E-state index is 0.382. The third-order valence-corrected chi connectivity index (χ3v) is 3.03. The lowest BCUT2D eigenvalue weighted by Gasteiger charge is -2.27. The van der Waals surface area contributed by atoms with Crippen molar-refractivity contribution in [1.29, 1.82) is 0 Å². The molecule has 0 rings (SSSR count). The van der Waals surface area contributed by atoms with Gasteiger partial charge in [0, 0.05) is 6.04 Å². The molecule has 3 unspecified atom stereocenters. The van der Waals surface area contributed by atoms with Gasteiger partial charge in [-0.2, -0.15) is 0 Å². The molecule has 0 aromatic rings. The van der Waals surface area contributed by atoms with Crippen molar-refractivity contribution in [2.75, 3.05) is 0 Å². The molecule has 0 saturated heterocycles. The van der Waals surface area contributed by atoms with Crippen LogP contribution in [0.1, 0.15) is 41.0 Å². The first-order valence-corrected chi connectivity index (χ1v) is 4.76. The van der Waals surface area contributed by atoms with Crippen LogP contribution in [-0.2, 0) is 0 Å². The van der Waals surface area contributed by atoms with Gasteiger partial charge in [0.05, 0.1) is 0 Å². The topological polar surface area (TPSA) is 26.0 Å². The predicted molar refractivity (Wildman–Crippen MR) is 51.4 cm³/mol. The zero-order valence-electron chi connectivity index (χ0n) is 8.59. The molecule has 0 heterocycles. The maximum absolute atomic E-state index is 5.96. The smallest absolute Gasteiger partial charge is 0.00645 e. The normalized spacial score (nSPS) is 19.9. The Morgan fingerprint density at radius 2 is 1.45 bits per heavy atom. The third-order valence-electron chi connectivity index (χ3n) is 3.03. The molecule has 1 nitrogen and oxygen atoms in total. The average Bonchev–Trinajstić information content (AvgIpc) is 2.00. The Kier molecular flexibility index (Phi) is 4.74. The van der Waals surface area contributed by atoms with Gasteiger partial charge in [-0.1, -0.05) is 34.6 Å². The van der Waals surface area contributed by atoms with Gasteiger partial charge in [0.1, 0.15) is 0 Å². The fourth-order valence-electron chi connectivity index (χ4n) is 1.37. The molecule has 3 atom stereocenters. The van der Waals surface area contributed by atoms with Crippen LogP contribution < -0.4 is 5.73 Å². The van der Waals surface area contributed by atoms with Crippen LogP contribution in [0.15, 0.2) is 0 Å². The zero-order valence-corrected chi connectivity index (χ0v) is 8.59. The molecule has 0 aromatic carbocycles. The minimum absolute atomic E-state index is 0.382. The Labute approximate surface area is 71.4 Å². The van der Waals surface area contributed by atoms with Crippen LogP contribution in [0.25, 0.3) is 0 Å². The van der Waals surface area contributed by atoms with E-state index in [1.54, 1.807) is 0 Å². The fraction of sp³-hybridized carbons (Fsp3) is 1.00. The molecule has 0 aliphatic carbocycles. The SMILES string of the molecule is CCC(N)C(C)C(C)C(C)C. The molecule has 1 heteroatoms. The number of hydrogen-bond donors (Lipinski definition) is 1. The monoisotopic (exact) mass is 157 g/mol. The summed E-state index contributed by atoms with van der Waals surface area (Å²) in [7, 11) is 0. The highest BCUT2D eigenvalue weighted by Crippen LogP contribution is 2.22. The standard InChI is InChI=1S/C10H23N/c1-6-10(11)9(5)8(4)7(2)3/h7-10H,6,11H2,1-5H3. The van der Waals surface area contributed by atoms with E-state index in [1.165, 1.54) is 0 Å². The van der Waals surface area contributed by atoms with Gasteiger partial charge in [-0.25, -0.2) is 0 Å². The first kappa shape index (κ1) is 11.0. The second-order valence-electron chi connectivity index (χ2n) is 4.03. The Morgan fingerprint density at radius 3 is 1.73 bits per heavy atom. The number of nitrogens with two attached hydrogens (primary N) is 1. The molecule has 2 N–H and O–H groups in total. The van der Waals surface area contributed by atoms with Gasteiger partial charge in [0.15, 0.2) is 0 Å². The third kappa shape index (κ3) is 3.24. The van der Waals surface area contributed by atoms with E-state index in [0.29, 0.717) is 12.0 Å². The zero-order chi connectivity index (χ0) is 9.02. The van der Waals surface area contributed by atoms with Crippen molar-refractivity contribution in [3.05, 3.63) is 0 Å². The molecule has 11 heavy (non-hydrogen) atoms. The van der Waals surface area contributed by atoms with E-state index in [9.17, 15) is 0 Å². The Balaban J connectivity index is 3.90. The summed E-state index contributed by atoms with van der Waals surface area (Å²) in [6.07, 6.45) is 1.10. The maximum Gasteiger partial charge on any atom is 0.00645 e. The Bertz CT molecular complexity index is 99.0. The van der Waals surface area contributed by atoms with Gasteiger partial charge in [-0.15, -0.1) is 0 Å². The molecule has 0 saturated carbocycles. The fourth-order valence-corrected chi connectivity index (χ4v) is 1.37. The summed E-state index contributed by atoms with van der Waals surface area (Å²) in [6, 6.07) is 0.382. The first-order valence-electron chi connectivity index (χ1n) is 4.76. The van der Waals surface area contributed by atoms with Crippen LogP contribution in [0.5, 0.6) is 0 Å². The summed E-state index contributed by atoms with van der Waals surface area (Å²) in [5.74, 6) is 2.15. The first-order chi connectivity index (χ1) is 5.00. The van der Waals surface area contributed by atoms with Crippen LogP contribution in [0.4, 0.5) is 0 Å². The Hall–Kier alpha value is -0.0400.